The zero-order chi connectivity index (χ0) is 14.2. The summed E-state index contributed by atoms with van der Waals surface area (Å²) in [5.74, 6) is 0. The van der Waals surface area contributed by atoms with E-state index in [-0.39, 0.29) is 0 Å². The molecule has 0 saturated heterocycles. The Labute approximate surface area is 131 Å². The van der Waals surface area contributed by atoms with E-state index in [9.17, 15) is 0 Å². The summed E-state index contributed by atoms with van der Waals surface area (Å²) in [4.78, 5) is 0. The summed E-state index contributed by atoms with van der Waals surface area (Å²) in [6, 6.07) is 13.5. The number of aromatic nitrogens is 2. The van der Waals surface area contributed by atoms with Crippen LogP contribution in [0.25, 0.3) is 10.9 Å². The Morgan fingerprint density at radius 2 is 2.10 bits per heavy atom. The minimum atomic E-state index is 0.499. The van der Waals surface area contributed by atoms with Crippen molar-refractivity contribution in [1.29, 1.82) is 0 Å². The van der Waals surface area contributed by atoms with Crippen molar-refractivity contribution in [1.82, 2.24) is 10.2 Å². The van der Waals surface area contributed by atoms with Gasteiger partial charge in [0.25, 0.3) is 0 Å². The van der Waals surface area contributed by atoms with E-state index in [4.69, 9.17) is 0 Å². The topological polar surface area (TPSA) is 40.7 Å². The maximum absolute atomic E-state index is 4.07. The Morgan fingerprint density at radius 1 is 1.14 bits per heavy atom. The molecule has 3 nitrogen and oxygen atoms in total. The first kappa shape index (κ1) is 12.9. The van der Waals surface area contributed by atoms with Gasteiger partial charge >= 0.3 is 0 Å². The van der Waals surface area contributed by atoms with E-state index in [1.54, 1.807) is 0 Å². The van der Waals surface area contributed by atoms with E-state index in [0.717, 1.165) is 29.4 Å². The third kappa shape index (κ3) is 2.56. The van der Waals surface area contributed by atoms with Crippen molar-refractivity contribution in [2.45, 2.75) is 25.3 Å². The van der Waals surface area contributed by atoms with Gasteiger partial charge in [-0.15, -0.1) is 0 Å². The summed E-state index contributed by atoms with van der Waals surface area (Å²) in [5.41, 5.74) is 5.19. The van der Waals surface area contributed by atoms with Gasteiger partial charge in [0.15, 0.2) is 0 Å². The molecule has 0 amide bonds. The first-order chi connectivity index (χ1) is 10.3. The van der Waals surface area contributed by atoms with Crippen LogP contribution < -0.4 is 5.32 Å². The number of fused-ring (bicyclic) bond motifs is 2. The van der Waals surface area contributed by atoms with Crippen molar-refractivity contribution < 1.29 is 0 Å². The molecule has 0 saturated carbocycles. The molecule has 0 fully saturated rings. The third-order valence-electron chi connectivity index (χ3n) is 4.21. The lowest BCUT2D eigenvalue weighted by atomic mass is 9.88. The van der Waals surface area contributed by atoms with Gasteiger partial charge in [0, 0.05) is 21.6 Å². The Morgan fingerprint density at radius 3 is 3.05 bits per heavy atom. The molecule has 4 heteroatoms. The van der Waals surface area contributed by atoms with Gasteiger partial charge in [0.1, 0.15) is 0 Å². The van der Waals surface area contributed by atoms with Crippen molar-refractivity contribution in [3.8, 4) is 0 Å². The average Bonchev–Trinajstić information content (AvgIpc) is 2.95. The smallest absolute Gasteiger partial charge is 0.0670 e. The largest absolute Gasteiger partial charge is 0.382 e. The normalized spacial score (nSPS) is 17.7. The lowest BCUT2D eigenvalue weighted by molar-refractivity contribution is 0.611. The number of nitrogens with one attached hydrogen (secondary N) is 2. The van der Waals surface area contributed by atoms with Crippen LogP contribution in [0.3, 0.4) is 0 Å². The van der Waals surface area contributed by atoms with Crippen LogP contribution in [0.15, 0.2) is 47.1 Å². The monoisotopic (exact) mass is 341 g/mol. The van der Waals surface area contributed by atoms with Crippen LogP contribution in [0.4, 0.5) is 5.69 Å². The molecule has 0 bridgehead atoms. The maximum atomic E-state index is 4.07. The second-order valence-electron chi connectivity index (χ2n) is 5.67. The molecular formula is C17H16BrN3. The molecule has 0 spiro atoms. The first-order valence-corrected chi connectivity index (χ1v) is 8.04. The van der Waals surface area contributed by atoms with E-state index in [1.807, 2.05) is 6.20 Å². The van der Waals surface area contributed by atoms with Crippen LogP contribution in [-0.2, 0) is 12.8 Å². The highest BCUT2D eigenvalue weighted by Gasteiger charge is 2.18. The number of hydrogen-bond acceptors (Lipinski definition) is 2. The van der Waals surface area contributed by atoms with Gasteiger partial charge in [0.05, 0.1) is 11.7 Å². The first-order valence-electron chi connectivity index (χ1n) is 7.25. The SMILES string of the molecule is Brc1ccc2c(c1)CCC(Nc1ccc3cn[nH]c3c1)C2. The molecule has 2 aromatic carbocycles. The van der Waals surface area contributed by atoms with E-state index >= 15 is 0 Å². The molecule has 1 aliphatic rings. The number of rotatable bonds is 2. The number of anilines is 1. The third-order valence-corrected chi connectivity index (χ3v) is 4.70. The molecule has 21 heavy (non-hydrogen) atoms. The Kier molecular flexibility index (Phi) is 3.19. The van der Waals surface area contributed by atoms with E-state index in [2.05, 4.69) is 67.8 Å². The highest BCUT2D eigenvalue weighted by molar-refractivity contribution is 9.10. The zero-order valence-corrected chi connectivity index (χ0v) is 13.2. The summed E-state index contributed by atoms with van der Waals surface area (Å²) in [7, 11) is 0. The lowest BCUT2D eigenvalue weighted by Crippen LogP contribution is -2.27. The second-order valence-corrected chi connectivity index (χ2v) is 6.58. The average molecular weight is 342 g/mol. The minimum absolute atomic E-state index is 0.499. The Hall–Kier alpha value is -1.81. The maximum Gasteiger partial charge on any atom is 0.0670 e. The van der Waals surface area contributed by atoms with Crippen molar-refractivity contribution in [3.63, 3.8) is 0 Å². The highest BCUT2D eigenvalue weighted by atomic mass is 79.9. The fourth-order valence-corrected chi connectivity index (χ4v) is 3.52. The van der Waals surface area contributed by atoms with Gasteiger partial charge in [0.2, 0.25) is 0 Å². The molecule has 0 aliphatic heterocycles. The summed E-state index contributed by atoms with van der Waals surface area (Å²) in [6.45, 7) is 0. The molecule has 106 valence electrons. The van der Waals surface area contributed by atoms with Crippen LogP contribution in [0, 0.1) is 0 Å². The van der Waals surface area contributed by atoms with Crippen molar-refractivity contribution in [3.05, 3.63) is 58.2 Å². The van der Waals surface area contributed by atoms with Crippen molar-refractivity contribution in [2.24, 2.45) is 0 Å². The number of H-pyrrole nitrogens is 1. The number of aryl methyl sites for hydroxylation is 1. The number of nitrogens with zero attached hydrogens (tertiary/aromatic N) is 1. The quantitative estimate of drug-likeness (QED) is 0.729. The molecule has 1 aromatic heterocycles. The van der Waals surface area contributed by atoms with E-state index in [1.165, 1.54) is 22.0 Å². The van der Waals surface area contributed by atoms with Crippen LogP contribution >= 0.6 is 15.9 Å². The molecule has 1 heterocycles. The standard InChI is InChI=1S/C17H16BrN3/c18-14-4-1-12-8-15(5-2-11(12)7-14)20-16-6-3-13-10-19-21-17(13)9-16/h1,3-4,6-7,9-10,15,20H,2,5,8H2,(H,19,21). The summed E-state index contributed by atoms with van der Waals surface area (Å²) < 4.78 is 1.18. The predicted molar refractivity (Wildman–Crippen MR) is 89.7 cm³/mol. The number of halogens is 1. The molecule has 1 atom stereocenters. The minimum Gasteiger partial charge on any atom is -0.382 e. The fourth-order valence-electron chi connectivity index (χ4n) is 3.11. The predicted octanol–water partition coefficient (Wildman–Crippen LogP) is 4.29. The number of aromatic amines is 1. The summed E-state index contributed by atoms with van der Waals surface area (Å²) in [6.07, 6.45) is 5.25. The van der Waals surface area contributed by atoms with Gasteiger partial charge in [-0.25, -0.2) is 0 Å². The fraction of sp³-hybridized carbons (Fsp3) is 0.235. The molecular weight excluding hydrogens is 326 g/mol. The molecule has 1 aliphatic carbocycles. The summed E-state index contributed by atoms with van der Waals surface area (Å²) in [5, 5.41) is 11.9. The zero-order valence-electron chi connectivity index (χ0n) is 11.6. The Balaban J connectivity index is 1.54. The van der Waals surface area contributed by atoms with E-state index < -0.39 is 0 Å². The van der Waals surface area contributed by atoms with Gasteiger partial charge in [-0.05, 0) is 60.7 Å². The van der Waals surface area contributed by atoms with Crippen LogP contribution in [0.2, 0.25) is 0 Å². The summed E-state index contributed by atoms with van der Waals surface area (Å²) >= 11 is 3.55. The van der Waals surface area contributed by atoms with Crippen LogP contribution in [0.5, 0.6) is 0 Å². The second kappa shape index (κ2) is 5.19. The number of benzene rings is 2. The molecule has 1 unspecified atom stereocenters. The molecule has 0 radical (unpaired) electrons. The Bertz CT molecular complexity index is 794. The van der Waals surface area contributed by atoms with Gasteiger partial charge in [-0.3, -0.25) is 5.10 Å². The van der Waals surface area contributed by atoms with Crippen LogP contribution in [0.1, 0.15) is 17.5 Å². The van der Waals surface area contributed by atoms with Gasteiger partial charge in [-0.2, -0.15) is 5.10 Å². The van der Waals surface area contributed by atoms with Crippen molar-refractivity contribution in [2.75, 3.05) is 5.32 Å². The van der Waals surface area contributed by atoms with Gasteiger partial charge < -0.3 is 5.32 Å². The van der Waals surface area contributed by atoms with E-state index in [0.29, 0.717) is 6.04 Å². The molecule has 2 N–H and O–H groups in total. The molecule has 3 aromatic rings. The lowest BCUT2D eigenvalue weighted by Gasteiger charge is -2.26. The molecule has 4 rings (SSSR count). The van der Waals surface area contributed by atoms with Gasteiger partial charge in [-0.1, -0.05) is 22.0 Å². The van der Waals surface area contributed by atoms with Crippen LogP contribution in [-0.4, -0.2) is 16.2 Å². The van der Waals surface area contributed by atoms with Crippen molar-refractivity contribution >= 4 is 32.5 Å². The highest BCUT2D eigenvalue weighted by Crippen LogP contribution is 2.27. The number of hydrogen-bond donors (Lipinski definition) is 2.